The summed E-state index contributed by atoms with van der Waals surface area (Å²) < 4.78 is 16.6. The zero-order chi connectivity index (χ0) is 20.2. The lowest BCUT2D eigenvalue weighted by Gasteiger charge is -2.13. The number of nitrogens with one attached hydrogen (secondary N) is 1. The van der Waals surface area contributed by atoms with Crippen LogP contribution in [-0.4, -0.2) is 42.2 Å². The molecule has 1 saturated heterocycles. The fourth-order valence-corrected chi connectivity index (χ4v) is 3.43. The van der Waals surface area contributed by atoms with E-state index in [0.29, 0.717) is 23.5 Å². The number of esters is 1. The van der Waals surface area contributed by atoms with Crippen LogP contribution in [0.25, 0.3) is 10.9 Å². The predicted molar refractivity (Wildman–Crippen MR) is 108 cm³/mol. The highest BCUT2D eigenvalue weighted by Crippen LogP contribution is 2.21. The van der Waals surface area contributed by atoms with Crippen LogP contribution in [0.2, 0.25) is 0 Å². The van der Waals surface area contributed by atoms with Crippen molar-refractivity contribution in [2.45, 2.75) is 32.0 Å². The van der Waals surface area contributed by atoms with E-state index in [-0.39, 0.29) is 11.9 Å². The molecular formula is C23H23NO5. The van der Waals surface area contributed by atoms with E-state index in [2.05, 4.69) is 4.98 Å². The zero-order valence-corrected chi connectivity index (χ0v) is 16.2. The number of para-hydroxylation sites is 1. The van der Waals surface area contributed by atoms with Crippen molar-refractivity contribution >= 4 is 22.7 Å². The Bertz CT molecular complexity index is 1000. The molecule has 0 spiro atoms. The monoisotopic (exact) mass is 393 g/mol. The van der Waals surface area contributed by atoms with Crippen LogP contribution in [0.15, 0.2) is 54.7 Å². The van der Waals surface area contributed by atoms with Crippen molar-refractivity contribution in [1.29, 1.82) is 0 Å². The Morgan fingerprint density at radius 3 is 2.72 bits per heavy atom. The summed E-state index contributed by atoms with van der Waals surface area (Å²) in [5, 5.41) is 0.813. The minimum atomic E-state index is -0.892. The Balaban J connectivity index is 1.36. The number of hydrogen-bond acceptors (Lipinski definition) is 5. The van der Waals surface area contributed by atoms with Gasteiger partial charge in [-0.2, -0.15) is 0 Å². The van der Waals surface area contributed by atoms with E-state index >= 15 is 0 Å². The molecule has 1 N–H and O–H groups in total. The van der Waals surface area contributed by atoms with Crippen LogP contribution >= 0.6 is 0 Å². The van der Waals surface area contributed by atoms with E-state index in [4.69, 9.17) is 14.2 Å². The van der Waals surface area contributed by atoms with Gasteiger partial charge in [-0.05, 0) is 50.1 Å². The maximum Gasteiger partial charge on any atom is 0.338 e. The van der Waals surface area contributed by atoms with Crippen molar-refractivity contribution in [3.63, 3.8) is 0 Å². The summed E-state index contributed by atoms with van der Waals surface area (Å²) in [5.41, 5.74) is 1.75. The van der Waals surface area contributed by atoms with Gasteiger partial charge in [-0.3, -0.25) is 4.79 Å². The van der Waals surface area contributed by atoms with E-state index in [1.807, 2.05) is 24.3 Å². The second kappa shape index (κ2) is 8.49. The Kier molecular flexibility index (Phi) is 5.62. The number of aromatic amines is 1. The molecule has 2 heterocycles. The molecule has 29 heavy (non-hydrogen) atoms. The van der Waals surface area contributed by atoms with Crippen molar-refractivity contribution in [2.75, 3.05) is 13.2 Å². The Labute approximate surface area is 168 Å². The standard InChI is InChI=1S/C23H23NO5/c1-15(22(25)20-13-24-21-7-3-2-6-19(20)21)29-23(26)16-8-10-17(11-9-16)28-14-18-5-4-12-27-18/h2-3,6-11,13,15,18,24H,4-5,12,14H2,1H3/t15-,18-/m0/s1. The average molecular weight is 393 g/mol. The smallest absolute Gasteiger partial charge is 0.338 e. The van der Waals surface area contributed by atoms with Crippen LogP contribution in [0.4, 0.5) is 0 Å². The molecule has 1 aliphatic rings. The van der Waals surface area contributed by atoms with Crippen LogP contribution in [-0.2, 0) is 9.47 Å². The van der Waals surface area contributed by atoms with Gasteiger partial charge in [0.2, 0.25) is 5.78 Å². The average Bonchev–Trinajstić information content (AvgIpc) is 3.42. The summed E-state index contributed by atoms with van der Waals surface area (Å²) in [7, 11) is 0. The molecular weight excluding hydrogens is 370 g/mol. The number of ether oxygens (including phenoxy) is 3. The molecule has 0 bridgehead atoms. The van der Waals surface area contributed by atoms with Gasteiger partial charge in [-0.1, -0.05) is 18.2 Å². The molecule has 3 aromatic rings. The van der Waals surface area contributed by atoms with Crippen molar-refractivity contribution in [3.05, 3.63) is 65.9 Å². The quantitative estimate of drug-likeness (QED) is 0.482. The first-order valence-electron chi connectivity index (χ1n) is 9.77. The maximum absolute atomic E-state index is 12.7. The van der Waals surface area contributed by atoms with Gasteiger partial charge < -0.3 is 19.2 Å². The minimum absolute atomic E-state index is 0.135. The van der Waals surface area contributed by atoms with Gasteiger partial charge in [0.25, 0.3) is 0 Å². The number of carbonyl (C=O) groups excluding carboxylic acids is 2. The Morgan fingerprint density at radius 2 is 1.97 bits per heavy atom. The highest BCUT2D eigenvalue weighted by Gasteiger charge is 2.23. The number of carbonyl (C=O) groups is 2. The van der Waals surface area contributed by atoms with Gasteiger partial charge in [0.15, 0.2) is 6.10 Å². The Morgan fingerprint density at radius 1 is 1.17 bits per heavy atom. The van der Waals surface area contributed by atoms with E-state index in [1.165, 1.54) is 0 Å². The highest BCUT2D eigenvalue weighted by atomic mass is 16.5. The normalized spacial score (nSPS) is 17.2. The fourth-order valence-electron chi connectivity index (χ4n) is 3.43. The molecule has 6 nitrogen and oxygen atoms in total. The number of hydrogen-bond donors (Lipinski definition) is 1. The number of benzene rings is 2. The first kappa shape index (κ1) is 19.2. The number of H-pyrrole nitrogens is 1. The summed E-state index contributed by atoms with van der Waals surface area (Å²) in [6.07, 6.45) is 2.96. The van der Waals surface area contributed by atoms with E-state index in [1.54, 1.807) is 37.4 Å². The first-order chi connectivity index (χ1) is 14.1. The van der Waals surface area contributed by atoms with Crippen LogP contribution in [0.5, 0.6) is 5.75 Å². The van der Waals surface area contributed by atoms with Gasteiger partial charge in [-0.25, -0.2) is 4.79 Å². The lowest BCUT2D eigenvalue weighted by atomic mass is 10.1. The van der Waals surface area contributed by atoms with Crippen LogP contribution < -0.4 is 4.74 Å². The molecule has 2 atom stereocenters. The predicted octanol–water partition coefficient (Wildman–Crippen LogP) is 4.15. The third kappa shape index (κ3) is 4.32. The number of aromatic nitrogens is 1. The van der Waals surface area contributed by atoms with Crippen molar-refractivity contribution in [2.24, 2.45) is 0 Å². The number of Topliss-reactive ketones (excluding diaryl/α,β-unsaturated/α-hetero) is 1. The summed E-state index contributed by atoms with van der Waals surface area (Å²) >= 11 is 0. The van der Waals surface area contributed by atoms with Crippen molar-refractivity contribution in [3.8, 4) is 5.75 Å². The fraction of sp³-hybridized carbons (Fsp3) is 0.304. The molecule has 1 fully saturated rings. The molecule has 1 aliphatic heterocycles. The van der Waals surface area contributed by atoms with Gasteiger partial charge >= 0.3 is 5.97 Å². The molecule has 2 aromatic carbocycles. The molecule has 0 radical (unpaired) electrons. The lowest BCUT2D eigenvalue weighted by molar-refractivity contribution is 0.0319. The summed E-state index contributed by atoms with van der Waals surface area (Å²) in [4.78, 5) is 28.2. The van der Waals surface area contributed by atoms with Crippen molar-refractivity contribution < 1.29 is 23.8 Å². The highest BCUT2D eigenvalue weighted by molar-refractivity contribution is 6.10. The maximum atomic E-state index is 12.7. The molecule has 0 unspecified atom stereocenters. The largest absolute Gasteiger partial charge is 0.491 e. The SMILES string of the molecule is C[C@H](OC(=O)c1ccc(OC[C@@H]2CCCO2)cc1)C(=O)c1c[nH]c2ccccc12. The lowest BCUT2D eigenvalue weighted by Crippen LogP contribution is -2.24. The van der Waals surface area contributed by atoms with Gasteiger partial charge in [0, 0.05) is 29.3 Å². The second-order valence-electron chi connectivity index (χ2n) is 7.13. The van der Waals surface area contributed by atoms with E-state index < -0.39 is 12.1 Å². The molecule has 150 valence electrons. The third-order valence-corrected chi connectivity index (χ3v) is 5.06. The van der Waals surface area contributed by atoms with Crippen LogP contribution in [0.3, 0.4) is 0 Å². The molecule has 0 saturated carbocycles. The zero-order valence-electron chi connectivity index (χ0n) is 16.2. The summed E-state index contributed by atoms with van der Waals surface area (Å²) in [6, 6.07) is 14.2. The van der Waals surface area contributed by atoms with E-state index in [0.717, 1.165) is 30.4 Å². The summed E-state index contributed by atoms with van der Waals surface area (Å²) in [5.74, 6) is -0.122. The van der Waals surface area contributed by atoms with E-state index in [9.17, 15) is 9.59 Å². The molecule has 1 aromatic heterocycles. The number of rotatable bonds is 7. The molecule has 4 rings (SSSR count). The van der Waals surface area contributed by atoms with Crippen molar-refractivity contribution in [1.82, 2.24) is 4.98 Å². The summed E-state index contributed by atoms with van der Waals surface area (Å²) in [6.45, 7) is 2.87. The van der Waals surface area contributed by atoms with Gasteiger partial charge in [0.05, 0.1) is 11.7 Å². The third-order valence-electron chi connectivity index (χ3n) is 5.06. The minimum Gasteiger partial charge on any atom is -0.491 e. The number of fused-ring (bicyclic) bond motifs is 1. The van der Waals surface area contributed by atoms with Crippen LogP contribution in [0, 0.1) is 0 Å². The first-order valence-corrected chi connectivity index (χ1v) is 9.77. The molecule has 0 amide bonds. The van der Waals surface area contributed by atoms with Gasteiger partial charge in [-0.15, -0.1) is 0 Å². The Hall–Kier alpha value is -3.12. The molecule has 6 heteroatoms. The number of ketones is 1. The van der Waals surface area contributed by atoms with Crippen LogP contribution in [0.1, 0.15) is 40.5 Å². The van der Waals surface area contributed by atoms with Gasteiger partial charge in [0.1, 0.15) is 12.4 Å². The topological polar surface area (TPSA) is 77.6 Å². The molecule has 0 aliphatic carbocycles. The second-order valence-corrected chi connectivity index (χ2v) is 7.13.